The van der Waals surface area contributed by atoms with E-state index < -0.39 is 17.5 Å². The van der Waals surface area contributed by atoms with Crippen LogP contribution >= 0.6 is 0 Å². The molecule has 0 saturated carbocycles. The van der Waals surface area contributed by atoms with Crippen molar-refractivity contribution in [3.05, 3.63) is 106 Å². The van der Waals surface area contributed by atoms with Crippen molar-refractivity contribution < 1.29 is 23.5 Å². The van der Waals surface area contributed by atoms with Crippen LogP contribution in [0.3, 0.4) is 0 Å². The molecule has 0 aliphatic rings. The highest BCUT2D eigenvalue weighted by Crippen LogP contribution is 2.21. The molecule has 0 saturated heterocycles. The molecule has 1 amide bonds. The zero-order valence-corrected chi connectivity index (χ0v) is 20.0. The summed E-state index contributed by atoms with van der Waals surface area (Å²) >= 11 is 0. The molecule has 1 N–H and O–H groups in total. The molecule has 0 fully saturated rings. The highest BCUT2D eigenvalue weighted by Gasteiger charge is 2.15. The first kappa shape index (κ1) is 24.7. The topological polar surface area (TPSA) is 94.8 Å². The lowest BCUT2D eigenvalue weighted by Crippen LogP contribution is -2.27. The Morgan fingerprint density at radius 2 is 1.64 bits per heavy atom. The number of fused-ring (bicyclic) bond motifs is 1. The van der Waals surface area contributed by atoms with E-state index in [2.05, 4.69) is 12.2 Å². The number of carbonyl (C=O) groups excluding carboxylic acids is 2. The number of carbonyl (C=O) groups is 2. The van der Waals surface area contributed by atoms with Gasteiger partial charge in [0.2, 0.25) is 0 Å². The molecule has 4 aromatic rings. The average molecular weight is 486 g/mol. The number of hydrogen-bond acceptors (Lipinski definition) is 6. The number of esters is 1. The minimum absolute atomic E-state index is 0.0903. The summed E-state index contributed by atoms with van der Waals surface area (Å²) in [6.07, 6.45) is 1.64. The molecule has 0 radical (unpaired) electrons. The Morgan fingerprint density at radius 1 is 0.889 bits per heavy atom. The zero-order chi connectivity index (χ0) is 25.3. The molecule has 1 heterocycles. The highest BCUT2D eigenvalue weighted by molar-refractivity contribution is 5.96. The van der Waals surface area contributed by atoms with Gasteiger partial charge in [-0.15, -0.1) is 0 Å². The maximum absolute atomic E-state index is 12.5. The van der Waals surface area contributed by atoms with E-state index in [1.54, 1.807) is 12.1 Å². The van der Waals surface area contributed by atoms with Crippen LogP contribution in [0.4, 0.5) is 0 Å². The second kappa shape index (κ2) is 11.8. The van der Waals surface area contributed by atoms with Crippen molar-refractivity contribution in [2.24, 2.45) is 0 Å². The van der Waals surface area contributed by atoms with E-state index in [0.717, 1.165) is 17.7 Å². The molecule has 0 spiro atoms. The van der Waals surface area contributed by atoms with Gasteiger partial charge in [-0.2, -0.15) is 0 Å². The van der Waals surface area contributed by atoms with E-state index >= 15 is 0 Å². The van der Waals surface area contributed by atoms with Gasteiger partial charge < -0.3 is 19.2 Å². The predicted molar refractivity (Wildman–Crippen MR) is 136 cm³/mol. The van der Waals surface area contributed by atoms with Crippen LogP contribution in [0.15, 0.2) is 88.1 Å². The van der Waals surface area contributed by atoms with Crippen LogP contribution in [0.5, 0.6) is 11.5 Å². The van der Waals surface area contributed by atoms with Crippen LogP contribution in [0.1, 0.15) is 41.3 Å². The lowest BCUT2D eigenvalue weighted by Gasteiger charge is -2.08. The molecule has 36 heavy (non-hydrogen) atoms. The summed E-state index contributed by atoms with van der Waals surface area (Å²) < 4.78 is 16.4. The Labute approximate surface area is 208 Å². The lowest BCUT2D eigenvalue weighted by molar-refractivity contribution is -0.134. The quantitative estimate of drug-likeness (QED) is 0.146. The van der Waals surface area contributed by atoms with Crippen LogP contribution in [0.25, 0.3) is 11.0 Å². The summed E-state index contributed by atoms with van der Waals surface area (Å²) in [4.78, 5) is 37.1. The minimum Gasteiger partial charge on any atom is -0.494 e. The summed E-state index contributed by atoms with van der Waals surface area (Å²) in [6.45, 7) is 2.78. The Morgan fingerprint density at radius 3 is 2.39 bits per heavy atom. The lowest BCUT2D eigenvalue weighted by atomic mass is 10.1. The van der Waals surface area contributed by atoms with Crippen LogP contribution in [0, 0.1) is 0 Å². The fourth-order valence-corrected chi connectivity index (χ4v) is 3.60. The standard InChI is InChI=1S/C29H27NO6/c1-2-20-10-13-23(14-11-20)34-16-6-9-27(31)35-24-15-12-22-17-25(29(33)36-26(22)18-24)28(32)30-19-21-7-4-3-5-8-21/h3-5,7-8,10-15,17-18H,2,6,9,16,19H2,1H3,(H,30,32). The molecule has 7 heteroatoms. The van der Waals surface area contributed by atoms with Crippen molar-refractivity contribution in [1.82, 2.24) is 5.32 Å². The normalized spacial score (nSPS) is 10.7. The van der Waals surface area contributed by atoms with Gasteiger partial charge in [-0.05, 0) is 54.3 Å². The summed E-state index contributed by atoms with van der Waals surface area (Å²) in [5.74, 6) is 0.0818. The molecule has 1 aromatic heterocycles. The van der Waals surface area contributed by atoms with E-state index in [9.17, 15) is 14.4 Å². The SMILES string of the molecule is CCc1ccc(OCCCC(=O)Oc2ccc3cc(C(=O)NCc4ccccc4)c(=O)oc3c2)cc1. The van der Waals surface area contributed by atoms with Gasteiger partial charge in [0.15, 0.2) is 0 Å². The number of rotatable bonds is 10. The largest absolute Gasteiger partial charge is 0.494 e. The van der Waals surface area contributed by atoms with E-state index in [1.165, 1.54) is 17.7 Å². The minimum atomic E-state index is -0.763. The van der Waals surface area contributed by atoms with Crippen molar-refractivity contribution in [2.45, 2.75) is 32.7 Å². The van der Waals surface area contributed by atoms with Crippen LogP contribution in [-0.4, -0.2) is 18.5 Å². The van der Waals surface area contributed by atoms with Crippen LogP contribution in [0.2, 0.25) is 0 Å². The Balaban J connectivity index is 1.30. The zero-order valence-electron chi connectivity index (χ0n) is 20.0. The van der Waals surface area contributed by atoms with Gasteiger partial charge >= 0.3 is 11.6 Å². The van der Waals surface area contributed by atoms with Gasteiger partial charge in [0, 0.05) is 24.4 Å². The third kappa shape index (κ3) is 6.60. The van der Waals surface area contributed by atoms with Crippen molar-refractivity contribution in [1.29, 1.82) is 0 Å². The first-order valence-electron chi connectivity index (χ1n) is 11.8. The molecule has 4 rings (SSSR count). The average Bonchev–Trinajstić information content (AvgIpc) is 2.90. The molecule has 0 unspecified atom stereocenters. The van der Waals surface area contributed by atoms with Crippen LogP contribution < -0.4 is 20.4 Å². The second-order valence-electron chi connectivity index (χ2n) is 8.24. The molecule has 184 valence electrons. The van der Waals surface area contributed by atoms with E-state index in [0.29, 0.717) is 25.0 Å². The number of nitrogens with one attached hydrogen (secondary N) is 1. The Bertz CT molecular complexity index is 1390. The maximum atomic E-state index is 12.5. The number of amides is 1. The fraction of sp³-hybridized carbons (Fsp3) is 0.207. The monoisotopic (exact) mass is 485 g/mol. The third-order valence-corrected chi connectivity index (χ3v) is 5.61. The van der Waals surface area contributed by atoms with E-state index in [-0.39, 0.29) is 23.3 Å². The number of ether oxygens (including phenoxy) is 2. The fourth-order valence-electron chi connectivity index (χ4n) is 3.60. The van der Waals surface area contributed by atoms with Gasteiger partial charge in [-0.25, -0.2) is 4.79 Å². The molecular weight excluding hydrogens is 458 g/mol. The molecule has 0 aliphatic heterocycles. The number of benzene rings is 3. The van der Waals surface area contributed by atoms with Gasteiger partial charge in [0.25, 0.3) is 5.91 Å². The van der Waals surface area contributed by atoms with Crippen molar-refractivity contribution in [3.63, 3.8) is 0 Å². The van der Waals surface area contributed by atoms with Gasteiger partial charge in [-0.1, -0.05) is 49.4 Å². The van der Waals surface area contributed by atoms with Crippen molar-refractivity contribution >= 4 is 22.8 Å². The van der Waals surface area contributed by atoms with E-state index in [4.69, 9.17) is 13.9 Å². The van der Waals surface area contributed by atoms with Crippen LogP contribution in [-0.2, 0) is 17.8 Å². The molecule has 0 atom stereocenters. The molecule has 3 aromatic carbocycles. The number of hydrogen-bond donors (Lipinski definition) is 1. The number of aryl methyl sites for hydroxylation is 1. The Kier molecular flexibility index (Phi) is 8.13. The first-order chi connectivity index (χ1) is 17.5. The predicted octanol–water partition coefficient (Wildman–Crippen LogP) is 5.05. The highest BCUT2D eigenvalue weighted by atomic mass is 16.5. The summed E-state index contributed by atoms with van der Waals surface area (Å²) in [5.41, 5.74) is 1.52. The molecule has 0 bridgehead atoms. The maximum Gasteiger partial charge on any atom is 0.349 e. The van der Waals surface area contributed by atoms with Gasteiger partial charge in [-0.3, -0.25) is 9.59 Å². The molecule has 0 aliphatic carbocycles. The van der Waals surface area contributed by atoms with Crippen molar-refractivity contribution in [2.75, 3.05) is 6.61 Å². The molecule has 7 nitrogen and oxygen atoms in total. The van der Waals surface area contributed by atoms with E-state index in [1.807, 2.05) is 54.6 Å². The Hall–Kier alpha value is -4.39. The smallest absolute Gasteiger partial charge is 0.349 e. The summed E-state index contributed by atoms with van der Waals surface area (Å²) in [6, 6.07) is 23.4. The van der Waals surface area contributed by atoms with Crippen molar-refractivity contribution in [3.8, 4) is 11.5 Å². The summed E-state index contributed by atoms with van der Waals surface area (Å²) in [5, 5.41) is 3.26. The van der Waals surface area contributed by atoms with Gasteiger partial charge in [0.1, 0.15) is 22.6 Å². The van der Waals surface area contributed by atoms with Gasteiger partial charge in [0.05, 0.1) is 6.61 Å². The first-order valence-corrected chi connectivity index (χ1v) is 11.8. The third-order valence-electron chi connectivity index (χ3n) is 5.61. The second-order valence-corrected chi connectivity index (χ2v) is 8.24. The molecular formula is C29H27NO6. The summed E-state index contributed by atoms with van der Waals surface area (Å²) in [7, 11) is 0.